The van der Waals surface area contributed by atoms with E-state index in [0.29, 0.717) is 44.1 Å². The van der Waals surface area contributed by atoms with Gasteiger partial charge in [-0.3, -0.25) is 14.5 Å². The lowest BCUT2D eigenvalue weighted by Gasteiger charge is -2.33. The lowest BCUT2D eigenvalue weighted by atomic mass is 9.86. The predicted octanol–water partition coefficient (Wildman–Crippen LogP) is 4.57. The number of piperidine rings is 1. The largest absolute Gasteiger partial charge is 0.494 e. The van der Waals surface area contributed by atoms with Gasteiger partial charge < -0.3 is 24.8 Å². The second-order valence-corrected chi connectivity index (χ2v) is 10.9. The SMILES string of the molecule is O=C1CCC(=O)N1CCOc1cccc(CN[C@H]2CNCC[C@H]2c2ccc(OCCCOCc3ccccc3F)cc2)c1. The van der Waals surface area contributed by atoms with Gasteiger partial charge >= 0.3 is 0 Å². The average Bonchev–Trinajstić information content (AvgIpc) is 3.35. The Balaban J connectivity index is 1.04. The zero-order chi connectivity index (χ0) is 29.9. The molecule has 2 heterocycles. The first-order chi connectivity index (χ1) is 21.1. The molecule has 5 rings (SSSR count). The maximum Gasteiger partial charge on any atom is 0.229 e. The van der Waals surface area contributed by atoms with Crippen molar-refractivity contribution < 1.29 is 28.2 Å². The second kappa shape index (κ2) is 15.6. The Hall–Kier alpha value is -3.79. The van der Waals surface area contributed by atoms with Crippen LogP contribution in [0.1, 0.15) is 48.3 Å². The third-order valence-corrected chi connectivity index (χ3v) is 7.91. The van der Waals surface area contributed by atoms with Crippen molar-refractivity contribution in [3.05, 3.63) is 95.3 Å². The molecule has 0 unspecified atom stereocenters. The van der Waals surface area contributed by atoms with Gasteiger partial charge in [0.15, 0.2) is 0 Å². The van der Waals surface area contributed by atoms with Crippen molar-refractivity contribution in [2.24, 2.45) is 0 Å². The van der Waals surface area contributed by atoms with Gasteiger partial charge in [0.1, 0.15) is 23.9 Å². The van der Waals surface area contributed by atoms with Crippen LogP contribution >= 0.6 is 0 Å². The minimum atomic E-state index is -0.242. The van der Waals surface area contributed by atoms with Crippen LogP contribution in [-0.2, 0) is 27.5 Å². The van der Waals surface area contributed by atoms with Crippen molar-refractivity contribution in [2.75, 3.05) is 39.5 Å². The molecule has 2 aliphatic heterocycles. The molecule has 2 fully saturated rings. The van der Waals surface area contributed by atoms with E-state index >= 15 is 0 Å². The topological polar surface area (TPSA) is 89.1 Å². The van der Waals surface area contributed by atoms with Crippen molar-refractivity contribution >= 4 is 11.8 Å². The summed E-state index contributed by atoms with van der Waals surface area (Å²) in [5, 5.41) is 7.23. The molecule has 0 radical (unpaired) electrons. The number of hydrogen-bond donors (Lipinski definition) is 2. The minimum Gasteiger partial charge on any atom is -0.494 e. The Labute approximate surface area is 252 Å². The van der Waals surface area contributed by atoms with Crippen LogP contribution in [0.2, 0.25) is 0 Å². The van der Waals surface area contributed by atoms with E-state index in [1.54, 1.807) is 18.2 Å². The van der Waals surface area contributed by atoms with Crippen LogP contribution in [0.15, 0.2) is 72.8 Å². The van der Waals surface area contributed by atoms with Crippen LogP contribution in [-0.4, -0.2) is 62.2 Å². The lowest BCUT2D eigenvalue weighted by Crippen LogP contribution is -2.47. The molecule has 0 saturated carbocycles. The summed E-state index contributed by atoms with van der Waals surface area (Å²) in [7, 11) is 0. The fraction of sp³-hybridized carbons (Fsp3) is 0.412. The molecular formula is C34H40FN3O5. The van der Waals surface area contributed by atoms with E-state index < -0.39 is 0 Å². The standard InChI is InChI=1S/C34H40FN3O5/c35-31-8-2-1-6-27(31)24-41-18-4-19-42-28-11-9-26(10-12-28)30-15-16-36-23-32(30)37-22-25-5-3-7-29(21-25)43-20-17-38-33(39)13-14-34(38)40/h1-3,5-12,21,30,32,36-37H,4,13-20,22-24H2/t30-,32-/m0/s1. The fourth-order valence-electron chi connectivity index (χ4n) is 5.55. The molecule has 2 atom stereocenters. The summed E-state index contributed by atoms with van der Waals surface area (Å²) in [5.74, 6) is 1.44. The number of ether oxygens (including phenoxy) is 3. The third-order valence-electron chi connectivity index (χ3n) is 7.91. The second-order valence-electron chi connectivity index (χ2n) is 10.9. The predicted molar refractivity (Wildman–Crippen MR) is 161 cm³/mol. The molecule has 0 aliphatic carbocycles. The molecule has 228 valence electrons. The average molecular weight is 590 g/mol. The zero-order valence-electron chi connectivity index (χ0n) is 24.4. The molecule has 3 aromatic carbocycles. The van der Waals surface area contributed by atoms with Gasteiger partial charge in [0.25, 0.3) is 0 Å². The van der Waals surface area contributed by atoms with Crippen LogP contribution in [0, 0.1) is 5.82 Å². The molecular weight excluding hydrogens is 549 g/mol. The Kier molecular flexibility index (Phi) is 11.1. The highest BCUT2D eigenvalue weighted by atomic mass is 19.1. The molecule has 8 nitrogen and oxygen atoms in total. The van der Waals surface area contributed by atoms with E-state index in [-0.39, 0.29) is 43.4 Å². The van der Waals surface area contributed by atoms with Crippen molar-refractivity contribution in [2.45, 2.75) is 50.8 Å². The molecule has 2 aliphatic rings. The summed E-state index contributed by atoms with van der Waals surface area (Å²) >= 11 is 0. The van der Waals surface area contributed by atoms with Crippen LogP contribution < -0.4 is 20.1 Å². The summed E-state index contributed by atoms with van der Waals surface area (Å²) in [4.78, 5) is 24.9. The molecule has 2 saturated heterocycles. The minimum absolute atomic E-state index is 0.121. The van der Waals surface area contributed by atoms with Crippen molar-refractivity contribution in [3.8, 4) is 11.5 Å². The quantitative estimate of drug-likeness (QED) is 0.198. The molecule has 2 N–H and O–H groups in total. The molecule has 43 heavy (non-hydrogen) atoms. The first kappa shape index (κ1) is 30.7. The highest BCUT2D eigenvalue weighted by Crippen LogP contribution is 2.28. The van der Waals surface area contributed by atoms with E-state index in [4.69, 9.17) is 14.2 Å². The van der Waals surface area contributed by atoms with Gasteiger partial charge in [0, 0.05) is 49.9 Å². The number of halogens is 1. The van der Waals surface area contributed by atoms with E-state index in [9.17, 15) is 14.0 Å². The van der Waals surface area contributed by atoms with Gasteiger partial charge in [-0.05, 0) is 54.4 Å². The van der Waals surface area contributed by atoms with Gasteiger partial charge in [-0.1, -0.05) is 42.5 Å². The van der Waals surface area contributed by atoms with Gasteiger partial charge in [-0.25, -0.2) is 4.39 Å². The number of rotatable bonds is 15. The smallest absolute Gasteiger partial charge is 0.229 e. The van der Waals surface area contributed by atoms with Gasteiger partial charge in [-0.15, -0.1) is 0 Å². The van der Waals surface area contributed by atoms with E-state index in [1.807, 2.05) is 30.3 Å². The van der Waals surface area contributed by atoms with Crippen molar-refractivity contribution in [3.63, 3.8) is 0 Å². The van der Waals surface area contributed by atoms with E-state index in [0.717, 1.165) is 43.0 Å². The Bertz CT molecular complexity index is 1340. The molecule has 3 aromatic rings. The molecule has 0 spiro atoms. The fourth-order valence-corrected chi connectivity index (χ4v) is 5.55. The number of likely N-dealkylation sites (tertiary alicyclic amines) is 1. The van der Waals surface area contributed by atoms with Crippen molar-refractivity contribution in [1.82, 2.24) is 15.5 Å². The molecule has 2 amide bonds. The van der Waals surface area contributed by atoms with Crippen molar-refractivity contribution in [1.29, 1.82) is 0 Å². The van der Waals surface area contributed by atoms with Crippen LogP contribution in [0.3, 0.4) is 0 Å². The highest BCUT2D eigenvalue weighted by Gasteiger charge is 2.28. The van der Waals surface area contributed by atoms with Crippen LogP contribution in [0.25, 0.3) is 0 Å². The Morgan fingerprint density at radius 1 is 0.884 bits per heavy atom. The number of imide groups is 1. The zero-order valence-corrected chi connectivity index (χ0v) is 24.4. The lowest BCUT2D eigenvalue weighted by molar-refractivity contribution is -0.138. The summed E-state index contributed by atoms with van der Waals surface area (Å²) in [6, 6.07) is 23.2. The Morgan fingerprint density at radius 3 is 2.49 bits per heavy atom. The van der Waals surface area contributed by atoms with Crippen LogP contribution in [0.5, 0.6) is 11.5 Å². The summed E-state index contributed by atoms with van der Waals surface area (Å²) < 4.78 is 31.0. The number of carbonyl (C=O) groups excluding carboxylic acids is 2. The molecule has 0 aromatic heterocycles. The van der Waals surface area contributed by atoms with Gasteiger partial charge in [0.2, 0.25) is 11.8 Å². The van der Waals surface area contributed by atoms with Gasteiger partial charge in [-0.2, -0.15) is 0 Å². The molecule has 9 heteroatoms. The number of carbonyl (C=O) groups is 2. The normalized spacial score (nSPS) is 18.7. The summed E-state index contributed by atoms with van der Waals surface area (Å²) in [6.07, 6.45) is 2.35. The highest BCUT2D eigenvalue weighted by molar-refractivity contribution is 6.01. The number of nitrogens with zero attached hydrogens (tertiary/aromatic N) is 1. The third kappa shape index (κ3) is 8.86. The first-order valence-corrected chi connectivity index (χ1v) is 15.1. The number of amides is 2. The number of nitrogens with one attached hydrogen (secondary N) is 2. The monoisotopic (exact) mass is 589 g/mol. The number of hydrogen-bond acceptors (Lipinski definition) is 7. The maximum atomic E-state index is 13.7. The summed E-state index contributed by atoms with van der Waals surface area (Å²) in [6.45, 7) is 4.41. The maximum absolute atomic E-state index is 13.7. The molecule has 0 bridgehead atoms. The van der Waals surface area contributed by atoms with E-state index in [1.165, 1.54) is 16.5 Å². The number of benzene rings is 3. The van der Waals surface area contributed by atoms with Crippen LogP contribution in [0.4, 0.5) is 4.39 Å². The first-order valence-electron chi connectivity index (χ1n) is 15.1. The summed E-state index contributed by atoms with van der Waals surface area (Å²) in [5.41, 5.74) is 2.95. The van der Waals surface area contributed by atoms with E-state index in [2.05, 4.69) is 28.8 Å². The van der Waals surface area contributed by atoms with Gasteiger partial charge in [0.05, 0.1) is 26.4 Å². The Morgan fingerprint density at radius 2 is 1.67 bits per heavy atom.